The number of carbonyl (C=O) groups is 4. The minimum atomic E-state index is -1.24. The molecule has 0 saturated carbocycles. The molecular formula is C31H40FN3O8. The monoisotopic (exact) mass is 601 g/mol. The van der Waals surface area contributed by atoms with Crippen molar-refractivity contribution in [2.24, 2.45) is 0 Å². The minimum Gasteiger partial charge on any atom is -0.491 e. The number of hydrogen-bond acceptors (Lipinski definition) is 8. The van der Waals surface area contributed by atoms with Gasteiger partial charge in [0.1, 0.15) is 36.4 Å². The van der Waals surface area contributed by atoms with Gasteiger partial charge in [0.05, 0.1) is 11.6 Å². The van der Waals surface area contributed by atoms with Crippen LogP contribution in [-0.4, -0.2) is 102 Å². The molecule has 1 N–H and O–H groups in total. The van der Waals surface area contributed by atoms with Gasteiger partial charge in [0.2, 0.25) is 0 Å². The summed E-state index contributed by atoms with van der Waals surface area (Å²) in [6.07, 6.45) is -1.03. The van der Waals surface area contributed by atoms with Gasteiger partial charge in [-0.25, -0.2) is 14.0 Å². The molecule has 0 unspecified atom stereocenters. The summed E-state index contributed by atoms with van der Waals surface area (Å²) >= 11 is 0. The van der Waals surface area contributed by atoms with E-state index in [0.29, 0.717) is 19.6 Å². The molecule has 0 aliphatic carbocycles. The molecule has 234 valence electrons. The number of carboxylic acid groups (broad SMARTS) is 1. The Morgan fingerprint density at radius 3 is 2.44 bits per heavy atom. The third-order valence-corrected chi connectivity index (χ3v) is 6.95. The summed E-state index contributed by atoms with van der Waals surface area (Å²) in [4.78, 5) is 55.2. The van der Waals surface area contributed by atoms with E-state index in [0.717, 1.165) is 22.6 Å². The highest BCUT2D eigenvalue weighted by atomic mass is 19.1. The maximum Gasteiger partial charge on any atom is 0.410 e. The molecular weight excluding hydrogens is 561 g/mol. The maximum absolute atomic E-state index is 14.4. The lowest BCUT2D eigenvalue weighted by Gasteiger charge is -2.39. The Morgan fingerprint density at radius 2 is 1.79 bits per heavy atom. The Balaban J connectivity index is 1.75. The number of nitrogens with zero attached hydrogens (tertiary/aromatic N) is 3. The molecule has 0 radical (unpaired) electrons. The first kappa shape index (κ1) is 33.3. The molecule has 1 heterocycles. The Labute approximate surface area is 251 Å². The number of ether oxygens (including phenoxy) is 3. The van der Waals surface area contributed by atoms with Crippen molar-refractivity contribution in [2.45, 2.75) is 57.9 Å². The largest absolute Gasteiger partial charge is 0.491 e. The van der Waals surface area contributed by atoms with E-state index in [4.69, 9.17) is 14.2 Å². The summed E-state index contributed by atoms with van der Waals surface area (Å²) in [5.41, 5.74) is -0.0559. The second-order valence-corrected chi connectivity index (χ2v) is 11.5. The maximum atomic E-state index is 14.4. The number of halogens is 1. The van der Waals surface area contributed by atoms with E-state index in [1.165, 1.54) is 13.1 Å². The Hall–Kier alpha value is -4.19. The Bertz CT molecular complexity index is 1280. The molecule has 1 aliphatic heterocycles. The number of hydrogen-bond donors (Lipinski definition) is 1. The van der Waals surface area contributed by atoms with Crippen LogP contribution < -0.4 is 4.74 Å². The molecule has 1 saturated heterocycles. The summed E-state index contributed by atoms with van der Waals surface area (Å²) in [6.45, 7) is 6.76. The van der Waals surface area contributed by atoms with Crippen LogP contribution in [-0.2, 0) is 25.7 Å². The van der Waals surface area contributed by atoms with Crippen LogP contribution in [0.3, 0.4) is 0 Å². The molecule has 0 aromatic heterocycles. The van der Waals surface area contributed by atoms with Gasteiger partial charge in [-0.05, 0) is 58.0 Å². The van der Waals surface area contributed by atoms with Gasteiger partial charge in [0.15, 0.2) is 0 Å². The van der Waals surface area contributed by atoms with Crippen LogP contribution in [0.5, 0.6) is 5.75 Å². The average molecular weight is 602 g/mol. The lowest BCUT2D eigenvalue weighted by Crippen LogP contribution is -2.56. The average Bonchev–Trinajstić information content (AvgIpc) is 2.95. The molecule has 43 heavy (non-hydrogen) atoms. The third-order valence-electron chi connectivity index (χ3n) is 6.95. The zero-order chi connectivity index (χ0) is 31.7. The fourth-order valence-electron chi connectivity index (χ4n) is 4.49. The molecule has 2 aromatic carbocycles. The van der Waals surface area contributed by atoms with Gasteiger partial charge in [0.25, 0.3) is 5.91 Å². The first-order valence-corrected chi connectivity index (χ1v) is 14.0. The van der Waals surface area contributed by atoms with Crippen LogP contribution >= 0.6 is 0 Å². The second-order valence-electron chi connectivity index (χ2n) is 11.5. The van der Waals surface area contributed by atoms with Gasteiger partial charge in [-0.15, -0.1) is 0 Å². The normalized spacial score (nSPS) is 16.2. The predicted molar refractivity (Wildman–Crippen MR) is 155 cm³/mol. The van der Waals surface area contributed by atoms with Crippen molar-refractivity contribution in [3.63, 3.8) is 0 Å². The number of carboxylic acids is 1. The number of esters is 1. The van der Waals surface area contributed by atoms with Gasteiger partial charge >= 0.3 is 18.0 Å². The van der Waals surface area contributed by atoms with Gasteiger partial charge in [-0.3, -0.25) is 14.5 Å². The number of likely N-dealkylation sites (N-methyl/N-ethyl adjacent to an activating group) is 2. The van der Waals surface area contributed by atoms with Gasteiger partial charge in [0, 0.05) is 33.1 Å². The van der Waals surface area contributed by atoms with Crippen molar-refractivity contribution < 1.29 is 42.9 Å². The summed E-state index contributed by atoms with van der Waals surface area (Å²) in [5.74, 6) is -3.28. The molecule has 1 fully saturated rings. The minimum absolute atomic E-state index is 0.0607. The summed E-state index contributed by atoms with van der Waals surface area (Å²) in [6, 6.07) is 10.9. The molecule has 2 atom stereocenters. The Kier molecular flexibility index (Phi) is 11.5. The van der Waals surface area contributed by atoms with Gasteiger partial charge < -0.3 is 29.1 Å². The van der Waals surface area contributed by atoms with Crippen LogP contribution in [0.1, 0.15) is 49.5 Å². The highest BCUT2D eigenvalue weighted by Crippen LogP contribution is 2.25. The molecule has 0 bridgehead atoms. The molecule has 0 spiro atoms. The van der Waals surface area contributed by atoms with Crippen LogP contribution in [0.15, 0.2) is 48.5 Å². The molecule has 11 nitrogen and oxygen atoms in total. The van der Waals surface area contributed by atoms with Crippen molar-refractivity contribution in [2.75, 3.05) is 40.3 Å². The number of piperazine rings is 1. The van der Waals surface area contributed by atoms with E-state index < -0.39 is 47.8 Å². The van der Waals surface area contributed by atoms with Crippen molar-refractivity contribution in [1.29, 1.82) is 0 Å². The number of rotatable bonds is 11. The number of aliphatic carboxylic acids is 1. The highest BCUT2D eigenvalue weighted by Gasteiger charge is 2.33. The smallest absolute Gasteiger partial charge is 0.410 e. The quantitative estimate of drug-likeness (QED) is 0.383. The van der Waals surface area contributed by atoms with Crippen molar-refractivity contribution in [3.05, 3.63) is 65.5 Å². The number of benzene rings is 2. The summed E-state index contributed by atoms with van der Waals surface area (Å²) in [5, 5.41) is 9.23. The molecule has 12 heteroatoms. The lowest BCUT2D eigenvalue weighted by molar-refractivity contribution is -0.150. The molecule has 2 amide bonds. The highest BCUT2D eigenvalue weighted by molar-refractivity contribution is 5.99. The fraction of sp³-hybridized carbons (Fsp3) is 0.484. The summed E-state index contributed by atoms with van der Waals surface area (Å²) in [7, 11) is 3.22. The van der Waals surface area contributed by atoms with Gasteiger partial charge in [-0.1, -0.05) is 30.3 Å². The molecule has 1 aliphatic rings. The topological polar surface area (TPSA) is 126 Å². The summed E-state index contributed by atoms with van der Waals surface area (Å²) < 4.78 is 31.3. The number of carbonyl (C=O) groups excluding carboxylic acids is 3. The standard InChI is InChI=1S/C31H40FN3O8/c1-31(2,3)43-30(40)35-16-15-33(4)23(18-35)20-41-26-13-11-22(32)17-24(26)28(38)34(5)25(12-14-27(36)37)29(39)42-19-21-9-7-6-8-10-21/h6-11,13,17,23,25H,12,14-16,18-20H2,1-5H3,(H,36,37)/t23-,25-/m0/s1. The van der Waals surface area contributed by atoms with Crippen LogP contribution in [0.25, 0.3) is 0 Å². The second kappa shape index (κ2) is 14.8. The molecule has 2 aromatic rings. The fourth-order valence-corrected chi connectivity index (χ4v) is 4.49. The van der Waals surface area contributed by atoms with Crippen molar-refractivity contribution in [3.8, 4) is 5.75 Å². The first-order chi connectivity index (χ1) is 20.2. The van der Waals surface area contributed by atoms with Crippen molar-refractivity contribution >= 4 is 23.9 Å². The Morgan fingerprint density at radius 1 is 1.09 bits per heavy atom. The zero-order valence-electron chi connectivity index (χ0n) is 25.2. The SMILES string of the molecule is CN1CCN(C(=O)OC(C)(C)C)C[C@H]1COc1ccc(F)cc1C(=O)N(C)[C@@H](CCC(=O)O)C(=O)OCc1ccccc1. The van der Waals surface area contributed by atoms with Gasteiger partial charge in [-0.2, -0.15) is 0 Å². The van der Waals surface area contributed by atoms with E-state index in [-0.39, 0.29) is 37.0 Å². The number of amides is 2. The van der Waals surface area contributed by atoms with Crippen LogP contribution in [0.2, 0.25) is 0 Å². The van der Waals surface area contributed by atoms with Crippen LogP contribution in [0.4, 0.5) is 9.18 Å². The lowest BCUT2D eigenvalue weighted by atomic mass is 10.1. The van der Waals surface area contributed by atoms with E-state index in [2.05, 4.69) is 0 Å². The van der Waals surface area contributed by atoms with E-state index in [9.17, 15) is 28.7 Å². The van der Waals surface area contributed by atoms with E-state index >= 15 is 0 Å². The van der Waals surface area contributed by atoms with E-state index in [1.807, 2.05) is 18.0 Å². The van der Waals surface area contributed by atoms with E-state index in [1.54, 1.807) is 49.9 Å². The first-order valence-electron chi connectivity index (χ1n) is 14.0. The van der Waals surface area contributed by atoms with Crippen LogP contribution in [0, 0.1) is 5.82 Å². The zero-order valence-corrected chi connectivity index (χ0v) is 25.2. The molecule has 3 rings (SSSR count). The predicted octanol–water partition coefficient (Wildman–Crippen LogP) is 3.80. The van der Waals surface area contributed by atoms with Crippen molar-refractivity contribution in [1.82, 2.24) is 14.7 Å². The third kappa shape index (κ3) is 9.95.